The number of ether oxygens (including phenoxy) is 1. The summed E-state index contributed by atoms with van der Waals surface area (Å²) >= 11 is 1.10. The van der Waals surface area contributed by atoms with Crippen molar-refractivity contribution in [3.8, 4) is 0 Å². The van der Waals surface area contributed by atoms with E-state index in [1.54, 1.807) is 0 Å². The summed E-state index contributed by atoms with van der Waals surface area (Å²) in [5.41, 5.74) is 5.81. The minimum Gasteiger partial charge on any atom is -0.394 e. The second-order valence-corrected chi connectivity index (χ2v) is 8.52. The van der Waals surface area contributed by atoms with Gasteiger partial charge in [-0.15, -0.1) is 0 Å². The van der Waals surface area contributed by atoms with E-state index in [1.807, 2.05) is 11.8 Å². The summed E-state index contributed by atoms with van der Waals surface area (Å²) in [7, 11) is -3.40. The van der Waals surface area contributed by atoms with Gasteiger partial charge in [-0.25, -0.2) is 8.42 Å². The Balaban J connectivity index is 1.96. The SMILES string of the molecule is CC1CN(c2snc(N)c2S(=O)(=O)C2CC2)CC(CO)O1. The number of hydrogen-bond acceptors (Lipinski definition) is 8. The quantitative estimate of drug-likeness (QED) is 0.813. The lowest BCUT2D eigenvalue weighted by Crippen LogP contribution is -2.48. The van der Waals surface area contributed by atoms with E-state index in [9.17, 15) is 13.5 Å². The first-order valence-corrected chi connectivity index (χ1v) is 9.25. The Morgan fingerprint density at radius 3 is 2.81 bits per heavy atom. The highest BCUT2D eigenvalue weighted by Crippen LogP contribution is 2.43. The smallest absolute Gasteiger partial charge is 0.187 e. The van der Waals surface area contributed by atoms with Crippen LogP contribution in [0.15, 0.2) is 4.90 Å². The van der Waals surface area contributed by atoms with Crippen molar-refractivity contribution in [1.29, 1.82) is 0 Å². The van der Waals surface area contributed by atoms with Crippen LogP contribution in [0, 0.1) is 0 Å². The lowest BCUT2D eigenvalue weighted by Gasteiger charge is -2.36. The molecule has 9 heteroatoms. The van der Waals surface area contributed by atoms with Crippen molar-refractivity contribution in [2.75, 3.05) is 30.3 Å². The second kappa shape index (κ2) is 5.38. The van der Waals surface area contributed by atoms with E-state index in [2.05, 4.69) is 4.37 Å². The molecule has 0 bridgehead atoms. The van der Waals surface area contributed by atoms with Gasteiger partial charge in [-0.2, -0.15) is 4.37 Å². The van der Waals surface area contributed by atoms with Gasteiger partial charge in [0.25, 0.3) is 0 Å². The fourth-order valence-electron chi connectivity index (χ4n) is 2.61. The predicted molar refractivity (Wildman–Crippen MR) is 80.4 cm³/mol. The van der Waals surface area contributed by atoms with Crippen molar-refractivity contribution in [1.82, 2.24) is 4.37 Å². The highest BCUT2D eigenvalue weighted by Gasteiger charge is 2.42. The highest BCUT2D eigenvalue weighted by atomic mass is 32.2. The zero-order chi connectivity index (χ0) is 15.2. The molecule has 0 radical (unpaired) electrons. The molecule has 3 rings (SSSR count). The molecule has 2 unspecified atom stereocenters. The largest absolute Gasteiger partial charge is 0.394 e. The van der Waals surface area contributed by atoms with Gasteiger partial charge in [0.2, 0.25) is 0 Å². The lowest BCUT2D eigenvalue weighted by molar-refractivity contribution is -0.0420. The molecule has 2 aliphatic rings. The molecule has 0 spiro atoms. The van der Waals surface area contributed by atoms with Crippen LogP contribution in [0.1, 0.15) is 19.8 Å². The van der Waals surface area contributed by atoms with Crippen molar-refractivity contribution in [3.63, 3.8) is 0 Å². The number of anilines is 2. The number of nitrogen functional groups attached to an aromatic ring is 1. The summed E-state index contributed by atoms with van der Waals surface area (Å²) in [5.74, 6) is 0.0848. The average molecular weight is 333 g/mol. The maximum Gasteiger partial charge on any atom is 0.187 e. The molecule has 2 fully saturated rings. The normalized spacial score (nSPS) is 27.0. The van der Waals surface area contributed by atoms with Gasteiger partial charge in [0.1, 0.15) is 9.90 Å². The Hall–Kier alpha value is -0.900. The molecule has 1 aromatic heterocycles. The molecule has 1 aliphatic heterocycles. The van der Waals surface area contributed by atoms with Gasteiger partial charge in [0.05, 0.1) is 24.1 Å². The first kappa shape index (κ1) is 15.0. The summed E-state index contributed by atoms with van der Waals surface area (Å²) in [6.07, 6.45) is 0.968. The van der Waals surface area contributed by atoms with Gasteiger partial charge in [0, 0.05) is 13.1 Å². The predicted octanol–water partition coefficient (Wildman–Crippen LogP) is 0.247. The highest BCUT2D eigenvalue weighted by molar-refractivity contribution is 7.92. The third-order valence-corrected chi connectivity index (χ3v) is 7.10. The van der Waals surface area contributed by atoms with Gasteiger partial charge < -0.3 is 20.5 Å². The van der Waals surface area contributed by atoms with E-state index >= 15 is 0 Å². The molecule has 2 atom stereocenters. The van der Waals surface area contributed by atoms with Gasteiger partial charge in [-0.1, -0.05) is 0 Å². The van der Waals surface area contributed by atoms with Crippen molar-refractivity contribution in [2.24, 2.45) is 0 Å². The number of nitrogens with two attached hydrogens (primary N) is 1. The van der Waals surface area contributed by atoms with Crippen LogP contribution in [0.3, 0.4) is 0 Å². The molecule has 3 N–H and O–H groups in total. The summed E-state index contributed by atoms with van der Waals surface area (Å²) in [6.45, 7) is 2.80. The van der Waals surface area contributed by atoms with Crippen molar-refractivity contribution in [3.05, 3.63) is 0 Å². The minimum absolute atomic E-state index is 0.0848. The Kier molecular flexibility index (Phi) is 3.85. The molecule has 7 nitrogen and oxygen atoms in total. The number of aliphatic hydroxyl groups is 1. The topological polar surface area (TPSA) is 106 Å². The van der Waals surface area contributed by atoms with Crippen LogP contribution in [-0.4, -0.2) is 55.1 Å². The molecular formula is C12H19N3O4S2. The standard InChI is InChI=1S/C12H19N3O4S2/c1-7-4-15(5-8(6-16)19-7)12-10(11(13)14-20-12)21(17,18)9-2-3-9/h7-9,16H,2-6H2,1H3,(H2,13,14). The molecule has 1 saturated heterocycles. The van der Waals surface area contributed by atoms with Crippen LogP contribution in [0.5, 0.6) is 0 Å². The second-order valence-electron chi connectivity index (χ2n) is 5.60. The van der Waals surface area contributed by atoms with Gasteiger partial charge in [0.15, 0.2) is 15.7 Å². The van der Waals surface area contributed by atoms with Crippen LogP contribution in [-0.2, 0) is 14.6 Å². The zero-order valence-electron chi connectivity index (χ0n) is 11.7. The Bertz CT molecular complexity index is 626. The summed E-state index contributed by atoms with van der Waals surface area (Å²) < 4.78 is 34.7. The zero-order valence-corrected chi connectivity index (χ0v) is 13.4. The fourth-order valence-corrected chi connectivity index (χ4v) is 5.66. The first-order chi connectivity index (χ1) is 9.93. The van der Waals surface area contributed by atoms with E-state index in [-0.39, 0.29) is 34.8 Å². The molecule has 118 valence electrons. The Labute approximate surface area is 127 Å². The van der Waals surface area contributed by atoms with E-state index in [4.69, 9.17) is 10.5 Å². The number of aromatic nitrogens is 1. The number of aliphatic hydroxyl groups excluding tert-OH is 1. The molecule has 1 aliphatic carbocycles. The number of hydrogen-bond donors (Lipinski definition) is 2. The summed E-state index contributed by atoms with van der Waals surface area (Å²) in [4.78, 5) is 2.08. The van der Waals surface area contributed by atoms with Crippen molar-refractivity contribution >= 4 is 32.2 Å². The van der Waals surface area contributed by atoms with Crippen LogP contribution < -0.4 is 10.6 Å². The lowest BCUT2D eigenvalue weighted by atomic mass is 10.2. The third kappa shape index (κ3) is 2.75. The monoisotopic (exact) mass is 333 g/mol. The molecule has 21 heavy (non-hydrogen) atoms. The molecule has 0 amide bonds. The Morgan fingerprint density at radius 2 is 2.19 bits per heavy atom. The molecule has 1 saturated carbocycles. The van der Waals surface area contributed by atoms with E-state index < -0.39 is 9.84 Å². The number of nitrogens with zero attached hydrogens (tertiary/aromatic N) is 2. The fraction of sp³-hybridized carbons (Fsp3) is 0.750. The Morgan fingerprint density at radius 1 is 1.48 bits per heavy atom. The van der Waals surface area contributed by atoms with Crippen molar-refractivity contribution in [2.45, 2.75) is 42.1 Å². The van der Waals surface area contributed by atoms with Crippen LogP contribution in [0.4, 0.5) is 10.8 Å². The molecular weight excluding hydrogens is 314 g/mol. The number of morpholine rings is 1. The summed E-state index contributed by atoms with van der Waals surface area (Å²) in [5, 5.41) is 9.56. The van der Waals surface area contributed by atoms with Gasteiger partial charge in [-0.3, -0.25) is 0 Å². The molecule has 2 heterocycles. The third-order valence-electron chi connectivity index (χ3n) is 3.72. The maximum absolute atomic E-state index is 12.6. The van der Waals surface area contributed by atoms with E-state index in [1.165, 1.54) is 0 Å². The molecule has 1 aromatic rings. The van der Waals surface area contributed by atoms with Crippen LogP contribution in [0.2, 0.25) is 0 Å². The minimum atomic E-state index is -3.40. The van der Waals surface area contributed by atoms with Crippen LogP contribution in [0.25, 0.3) is 0 Å². The first-order valence-electron chi connectivity index (χ1n) is 6.93. The van der Waals surface area contributed by atoms with Crippen molar-refractivity contribution < 1.29 is 18.3 Å². The molecule has 0 aromatic carbocycles. The number of sulfone groups is 1. The summed E-state index contributed by atoms with van der Waals surface area (Å²) in [6, 6.07) is 0. The van der Waals surface area contributed by atoms with E-state index in [0.717, 1.165) is 11.5 Å². The van der Waals surface area contributed by atoms with Gasteiger partial charge in [-0.05, 0) is 31.3 Å². The van der Waals surface area contributed by atoms with Gasteiger partial charge >= 0.3 is 0 Å². The van der Waals surface area contributed by atoms with E-state index in [0.29, 0.717) is 30.9 Å². The maximum atomic E-state index is 12.6. The average Bonchev–Trinajstić information content (AvgIpc) is 3.21. The van der Waals surface area contributed by atoms with Crippen LogP contribution >= 0.6 is 11.5 Å². The number of rotatable bonds is 4.